The van der Waals surface area contributed by atoms with Gasteiger partial charge in [-0.1, -0.05) is 6.92 Å². The molecule has 0 saturated heterocycles. The van der Waals surface area contributed by atoms with Gasteiger partial charge >= 0.3 is 5.97 Å². The van der Waals surface area contributed by atoms with Gasteiger partial charge in [0.25, 0.3) is 5.91 Å². The second-order valence-corrected chi connectivity index (χ2v) is 5.36. The van der Waals surface area contributed by atoms with Crippen molar-refractivity contribution in [3.8, 4) is 0 Å². The van der Waals surface area contributed by atoms with E-state index in [1.807, 2.05) is 6.26 Å². The summed E-state index contributed by atoms with van der Waals surface area (Å²) in [6.45, 7) is 2.68. The minimum Gasteiger partial charge on any atom is -0.478 e. The number of carbonyl (C=O) groups excluding carboxylic acids is 1. The van der Waals surface area contributed by atoms with E-state index in [0.717, 1.165) is 11.8 Å². The first kappa shape index (κ1) is 16.2. The van der Waals surface area contributed by atoms with Crippen LogP contribution in [-0.4, -0.2) is 40.5 Å². The van der Waals surface area contributed by atoms with Gasteiger partial charge in [-0.3, -0.25) is 9.78 Å². The number of nitrogens with zero attached hydrogens (tertiary/aromatic N) is 1. The average Bonchev–Trinajstić information content (AvgIpc) is 2.43. The van der Waals surface area contributed by atoms with Gasteiger partial charge in [-0.2, -0.15) is 11.8 Å². The van der Waals surface area contributed by atoms with Crippen LogP contribution in [0.4, 0.5) is 0 Å². The van der Waals surface area contributed by atoms with Crippen LogP contribution < -0.4 is 5.32 Å². The minimum atomic E-state index is -1.04. The highest BCUT2D eigenvalue weighted by atomic mass is 32.2. The Morgan fingerprint density at radius 1 is 1.50 bits per heavy atom. The maximum Gasteiger partial charge on any atom is 0.328 e. The maximum absolute atomic E-state index is 11.9. The molecule has 20 heavy (non-hydrogen) atoms. The van der Waals surface area contributed by atoms with Crippen molar-refractivity contribution >= 4 is 29.7 Å². The van der Waals surface area contributed by atoms with Crippen molar-refractivity contribution in [3.05, 3.63) is 35.7 Å². The highest BCUT2D eigenvalue weighted by Crippen LogP contribution is 2.06. The molecule has 5 nitrogen and oxygen atoms in total. The number of aliphatic carboxylic acids is 1. The summed E-state index contributed by atoms with van der Waals surface area (Å²) in [7, 11) is 0. The van der Waals surface area contributed by atoms with Crippen LogP contribution in [-0.2, 0) is 4.79 Å². The molecular formula is C14H18N2O3S. The van der Waals surface area contributed by atoms with Gasteiger partial charge in [0.1, 0.15) is 0 Å². The Balaban J connectivity index is 2.64. The third kappa shape index (κ3) is 5.88. The van der Waals surface area contributed by atoms with Gasteiger partial charge in [0, 0.05) is 25.0 Å². The zero-order valence-corrected chi connectivity index (χ0v) is 12.3. The number of aromatic nitrogens is 1. The van der Waals surface area contributed by atoms with Crippen molar-refractivity contribution in [2.75, 3.05) is 18.6 Å². The van der Waals surface area contributed by atoms with Crippen LogP contribution in [0.5, 0.6) is 0 Å². The molecule has 1 amide bonds. The zero-order valence-electron chi connectivity index (χ0n) is 11.5. The van der Waals surface area contributed by atoms with Crippen LogP contribution >= 0.6 is 11.8 Å². The van der Waals surface area contributed by atoms with Crippen molar-refractivity contribution in [1.82, 2.24) is 10.3 Å². The number of carbonyl (C=O) groups is 2. The molecule has 0 aromatic carbocycles. The standard InChI is InChI=1S/C14H18N2O3S/c1-10(9-20-2)6-16-14(19)12-5-11(7-15-8-12)3-4-13(17)18/h3-5,7-8,10H,6,9H2,1-2H3,(H,16,19)(H,17,18). The molecule has 1 aromatic heterocycles. The fourth-order valence-electron chi connectivity index (χ4n) is 1.55. The molecule has 0 aliphatic carbocycles. The Kier molecular flexibility index (Phi) is 6.79. The molecule has 0 spiro atoms. The molecule has 0 aliphatic heterocycles. The lowest BCUT2D eigenvalue weighted by atomic mass is 10.1. The Labute approximate surface area is 122 Å². The molecular weight excluding hydrogens is 276 g/mol. The molecule has 1 heterocycles. The summed E-state index contributed by atoms with van der Waals surface area (Å²) in [4.78, 5) is 26.3. The SMILES string of the molecule is CSCC(C)CNC(=O)c1cncc(C=CC(=O)O)c1. The molecule has 1 aromatic rings. The van der Waals surface area contributed by atoms with E-state index in [2.05, 4.69) is 17.2 Å². The molecule has 1 rings (SSSR count). The number of rotatable bonds is 7. The number of carboxylic acids is 1. The topological polar surface area (TPSA) is 79.3 Å². The number of nitrogens with one attached hydrogen (secondary N) is 1. The first-order valence-corrected chi connectivity index (χ1v) is 7.55. The van der Waals surface area contributed by atoms with Crippen LogP contribution in [0.25, 0.3) is 6.08 Å². The Morgan fingerprint density at radius 2 is 2.25 bits per heavy atom. The summed E-state index contributed by atoms with van der Waals surface area (Å²) >= 11 is 1.74. The second kappa shape index (κ2) is 8.37. The van der Waals surface area contributed by atoms with Crippen molar-refractivity contribution < 1.29 is 14.7 Å². The van der Waals surface area contributed by atoms with Crippen molar-refractivity contribution in [3.63, 3.8) is 0 Å². The van der Waals surface area contributed by atoms with E-state index in [-0.39, 0.29) is 5.91 Å². The normalized spacial score (nSPS) is 12.3. The van der Waals surface area contributed by atoms with Crippen molar-refractivity contribution in [1.29, 1.82) is 0 Å². The smallest absolute Gasteiger partial charge is 0.328 e. The highest BCUT2D eigenvalue weighted by molar-refractivity contribution is 7.98. The fraction of sp³-hybridized carbons (Fsp3) is 0.357. The lowest BCUT2D eigenvalue weighted by molar-refractivity contribution is -0.131. The predicted octanol–water partition coefficient (Wildman–Crippen LogP) is 1.91. The van der Waals surface area contributed by atoms with E-state index < -0.39 is 5.97 Å². The van der Waals surface area contributed by atoms with Gasteiger partial charge in [-0.15, -0.1) is 0 Å². The third-order valence-electron chi connectivity index (χ3n) is 2.50. The van der Waals surface area contributed by atoms with E-state index in [9.17, 15) is 9.59 Å². The third-order valence-corrected chi connectivity index (χ3v) is 3.40. The average molecular weight is 294 g/mol. The number of hydrogen-bond acceptors (Lipinski definition) is 4. The Bertz CT molecular complexity index is 503. The first-order valence-electron chi connectivity index (χ1n) is 6.16. The molecule has 1 atom stereocenters. The molecule has 0 fully saturated rings. The largest absolute Gasteiger partial charge is 0.478 e. The van der Waals surface area contributed by atoms with E-state index in [1.165, 1.54) is 18.5 Å². The van der Waals surface area contributed by atoms with Gasteiger partial charge in [0.05, 0.1) is 5.56 Å². The molecule has 0 aliphatic rings. The lowest BCUT2D eigenvalue weighted by Gasteiger charge is -2.11. The van der Waals surface area contributed by atoms with Gasteiger partial charge in [0.15, 0.2) is 0 Å². The summed E-state index contributed by atoms with van der Waals surface area (Å²) in [5.41, 5.74) is 1.01. The number of amides is 1. The second-order valence-electron chi connectivity index (χ2n) is 4.45. The number of thioether (sulfide) groups is 1. The van der Waals surface area contributed by atoms with E-state index in [0.29, 0.717) is 23.6 Å². The van der Waals surface area contributed by atoms with Crippen LogP contribution in [0.2, 0.25) is 0 Å². The van der Waals surface area contributed by atoms with Gasteiger partial charge in [0.2, 0.25) is 0 Å². The molecule has 0 bridgehead atoms. The molecule has 2 N–H and O–H groups in total. The number of pyridine rings is 1. The van der Waals surface area contributed by atoms with E-state index in [4.69, 9.17) is 5.11 Å². The number of carboxylic acid groups (broad SMARTS) is 1. The minimum absolute atomic E-state index is 0.198. The summed E-state index contributed by atoms with van der Waals surface area (Å²) in [6.07, 6.45) is 7.42. The zero-order chi connectivity index (χ0) is 15.0. The van der Waals surface area contributed by atoms with Crippen molar-refractivity contribution in [2.24, 2.45) is 5.92 Å². The summed E-state index contributed by atoms with van der Waals surface area (Å²) in [5.74, 6) is 0.152. The van der Waals surface area contributed by atoms with Gasteiger partial charge in [-0.05, 0) is 35.6 Å². The molecule has 1 unspecified atom stereocenters. The maximum atomic E-state index is 11.9. The fourth-order valence-corrected chi connectivity index (χ4v) is 2.24. The summed E-state index contributed by atoms with van der Waals surface area (Å²) in [6, 6.07) is 1.61. The lowest BCUT2D eigenvalue weighted by Crippen LogP contribution is -2.29. The molecule has 0 saturated carbocycles. The van der Waals surface area contributed by atoms with E-state index in [1.54, 1.807) is 17.8 Å². The molecule has 6 heteroatoms. The summed E-state index contributed by atoms with van der Waals surface area (Å²) < 4.78 is 0. The quantitative estimate of drug-likeness (QED) is 0.751. The molecule has 108 valence electrons. The molecule has 0 radical (unpaired) electrons. The van der Waals surface area contributed by atoms with Crippen molar-refractivity contribution in [2.45, 2.75) is 6.92 Å². The highest BCUT2D eigenvalue weighted by Gasteiger charge is 2.08. The van der Waals surface area contributed by atoms with Crippen LogP contribution in [0.15, 0.2) is 24.5 Å². The van der Waals surface area contributed by atoms with Crippen LogP contribution in [0.1, 0.15) is 22.8 Å². The Morgan fingerprint density at radius 3 is 2.90 bits per heavy atom. The van der Waals surface area contributed by atoms with Gasteiger partial charge in [-0.25, -0.2) is 4.79 Å². The Hall–Kier alpha value is -1.82. The monoisotopic (exact) mass is 294 g/mol. The first-order chi connectivity index (χ1) is 9.52. The predicted molar refractivity (Wildman–Crippen MR) is 80.8 cm³/mol. The van der Waals surface area contributed by atoms with Crippen LogP contribution in [0, 0.1) is 5.92 Å². The number of hydrogen-bond donors (Lipinski definition) is 2. The summed E-state index contributed by atoms with van der Waals surface area (Å²) in [5, 5.41) is 11.4. The van der Waals surface area contributed by atoms with Crippen LogP contribution in [0.3, 0.4) is 0 Å². The van der Waals surface area contributed by atoms with E-state index >= 15 is 0 Å². The van der Waals surface area contributed by atoms with Gasteiger partial charge < -0.3 is 10.4 Å².